The van der Waals surface area contributed by atoms with Gasteiger partial charge in [-0.1, -0.05) is 18.5 Å². The summed E-state index contributed by atoms with van der Waals surface area (Å²) in [7, 11) is 0. The van der Waals surface area contributed by atoms with Crippen LogP contribution in [0.5, 0.6) is 0 Å². The second kappa shape index (κ2) is 3.69. The summed E-state index contributed by atoms with van der Waals surface area (Å²) in [6.45, 7) is 1.90. The van der Waals surface area contributed by atoms with Gasteiger partial charge in [0.05, 0.1) is 11.1 Å². The number of hydrogen-bond donors (Lipinski definition) is 1. The van der Waals surface area contributed by atoms with Crippen molar-refractivity contribution in [3.8, 4) is 0 Å². The molecule has 1 heterocycles. The van der Waals surface area contributed by atoms with Crippen molar-refractivity contribution in [2.24, 2.45) is 0 Å². The third kappa shape index (κ3) is 1.91. The summed E-state index contributed by atoms with van der Waals surface area (Å²) < 4.78 is 0. The van der Waals surface area contributed by atoms with E-state index in [2.05, 4.69) is 4.98 Å². The highest BCUT2D eigenvalue weighted by Crippen LogP contribution is 2.23. The van der Waals surface area contributed by atoms with Gasteiger partial charge < -0.3 is 5.11 Å². The van der Waals surface area contributed by atoms with Crippen LogP contribution in [0.1, 0.15) is 25.0 Å². The average molecular weight is 172 g/mol. The Morgan fingerprint density at radius 3 is 3.00 bits per heavy atom. The van der Waals surface area contributed by atoms with E-state index >= 15 is 0 Å². The average Bonchev–Trinajstić information content (AvgIpc) is 2.04. The van der Waals surface area contributed by atoms with Gasteiger partial charge in [-0.05, 0) is 12.5 Å². The predicted octanol–water partition coefficient (Wildman–Crippen LogP) is 2.18. The highest BCUT2D eigenvalue weighted by molar-refractivity contribution is 6.31. The molecule has 1 aromatic rings. The van der Waals surface area contributed by atoms with E-state index in [1.54, 1.807) is 12.3 Å². The summed E-state index contributed by atoms with van der Waals surface area (Å²) in [6, 6.07) is 1.73. The standard InChI is InChI=1S/C8H10ClNO/c1-2-8(11)6-3-4-10-5-7(6)9/h3-5,8,11H,2H2,1H3/t8-/m1/s1. The molecule has 60 valence electrons. The van der Waals surface area contributed by atoms with Gasteiger partial charge >= 0.3 is 0 Å². The van der Waals surface area contributed by atoms with Crippen molar-refractivity contribution in [1.29, 1.82) is 0 Å². The van der Waals surface area contributed by atoms with E-state index in [-0.39, 0.29) is 0 Å². The molecule has 11 heavy (non-hydrogen) atoms. The van der Waals surface area contributed by atoms with Crippen LogP contribution >= 0.6 is 11.6 Å². The minimum atomic E-state index is -0.467. The Hall–Kier alpha value is -0.600. The van der Waals surface area contributed by atoms with Crippen molar-refractivity contribution in [3.05, 3.63) is 29.0 Å². The minimum Gasteiger partial charge on any atom is -0.388 e. The van der Waals surface area contributed by atoms with E-state index in [9.17, 15) is 5.11 Å². The summed E-state index contributed by atoms with van der Waals surface area (Å²) in [5.41, 5.74) is 0.754. The highest BCUT2D eigenvalue weighted by atomic mass is 35.5. The number of nitrogens with zero attached hydrogens (tertiary/aromatic N) is 1. The van der Waals surface area contributed by atoms with Crippen molar-refractivity contribution < 1.29 is 5.11 Å². The zero-order valence-corrected chi connectivity index (χ0v) is 7.04. The monoisotopic (exact) mass is 171 g/mol. The number of aliphatic hydroxyl groups is 1. The Kier molecular flexibility index (Phi) is 2.85. The van der Waals surface area contributed by atoms with Crippen LogP contribution in [-0.2, 0) is 0 Å². The van der Waals surface area contributed by atoms with Gasteiger partial charge in [0.25, 0.3) is 0 Å². The number of halogens is 1. The molecule has 1 atom stereocenters. The van der Waals surface area contributed by atoms with Crippen LogP contribution in [0.25, 0.3) is 0 Å². The van der Waals surface area contributed by atoms with Crippen molar-refractivity contribution in [2.45, 2.75) is 19.4 Å². The lowest BCUT2D eigenvalue weighted by molar-refractivity contribution is 0.173. The SMILES string of the molecule is CC[C@@H](O)c1ccncc1Cl. The third-order valence-electron chi connectivity index (χ3n) is 1.55. The largest absolute Gasteiger partial charge is 0.388 e. The zero-order chi connectivity index (χ0) is 8.27. The van der Waals surface area contributed by atoms with Crippen LogP contribution in [0, 0.1) is 0 Å². The molecule has 2 nitrogen and oxygen atoms in total. The highest BCUT2D eigenvalue weighted by Gasteiger charge is 2.07. The van der Waals surface area contributed by atoms with Crippen LogP contribution in [0.4, 0.5) is 0 Å². The molecule has 0 amide bonds. The Bertz CT molecular complexity index is 239. The second-order valence-corrected chi connectivity index (χ2v) is 2.73. The smallest absolute Gasteiger partial charge is 0.0802 e. The molecule has 0 spiro atoms. The molecule has 0 aliphatic rings. The van der Waals surface area contributed by atoms with E-state index in [1.807, 2.05) is 6.92 Å². The number of aliphatic hydroxyl groups excluding tert-OH is 1. The Morgan fingerprint density at radius 2 is 2.45 bits per heavy atom. The fourth-order valence-electron chi connectivity index (χ4n) is 0.876. The van der Waals surface area contributed by atoms with Gasteiger partial charge in [0.1, 0.15) is 0 Å². The molecule has 0 saturated heterocycles. The number of pyridine rings is 1. The topological polar surface area (TPSA) is 33.1 Å². The van der Waals surface area contributed by atoms with Crippen LogP contribution < -0.4 is 0 Å². The summed E-state index contributed by atoms with van der Waals surface area (Å²) in [6.07, 6.45) is 3.37. The normalized spacial score (nSPS) is 13.0. The van der Waals surface area contributed by atoms with E-state index in [4.69, 9.17) is 11.6 Å². The summed E-state index contributed by atoms with van der Waals surface area (Å²) in [5.74, 6) is 0. The molecular formula is C8H10ClNO. The van der Waals surface area contributed by atoms with Crippen molar-refractivity contribution in [3.63, 3.8) is 0 Å². The second-order valence-electron chi connectivity index (χ2n) is 2.32. The summed E-state index contributed by atoms with van der Waals surface area (Å²) in [5, 5.41) is 9.93. The molecule has 1 rings (SSSR count). The maximum atomic E-state index is 9.40. The minimum absolute atomic E-state index is 0.467. The summed E-state index contributed by atoms with van der Waals surface area (Å²) >= 11 is 5.78. The molecule has 3 heteroatoms. The zero-order valence-electron chi connectivity index (χ0n) is 6.29. The van der Waals surface area contributed by atoms with Gasteiger partial charge in [0.2, 0.25) is 0 Å². The molecule has 0 aliphatic heterocycles. The van der Waals surface area contributed by atoms with E-state index < -0.39 is 6.10 Å². The van der Waals surface area contributed by atoms with Crippen molar-refractivity contribution >= 4 is 11.6 Å². The van der Waals surface area contributed by atoms with Gasteiger partial charge in [-0.3, -0.25) is 4.98 Å². The van der Waals surface area contributed by atoms with Gasteiger partial charge in [-0.25, -0.2) is 0 Å². The van der Waals surface area contributed by atoms with Gasteiger partial charge in [0, 0.05) is 18.0 Å². The number of rotatable bonds is 2. The Balaban J connectivity index is 2.93. The van der Waals surface area contributed by atoms with E-state index in [0.29, 0.717) is 11.4 Å². The molecule has 0 saturated carbocycles. The quantitative estimate of drug-likeness (QED) is 0.740. The van der Waals surface area contributed by atoms with Gasteiger partial charge in [-0.15, -0.1) is 0 Å². The number of aromatic nitrogens is 1. The van der Waals surface area contributed by atoms with Crippen LogP contribution in [-0.4, -0.2) is 10.1 Å². The molecule has 1 aromatic heterocycles. The first-order valence-electron chi connectivity index (χ1n) is 3.53. The first-order chi connectivity index (χ1) is 5.25. The molecular weight excluding hydrogens is 162 g/mol. The molecule has 0 bridgehead atoms. The van der Waals surface area contributed by atoms with Gasteiger partial charge in [-0.2, -0.15) is 0 Å². The van der Waals surface area contributed by atoms with Crippen molar-refractivity contribution in [2.75, 3.05) is 0 Å². The molecule has 0 unspecified atom stereocenters. The van der Waals surface area contributed by atoms with Crippen LogP contribution in [0.15, 0.2) is 18.5 Å². The molecule has 0 aromatic carbocycles. The Labute approximate surface area is 70.8 Å². The lowest BCUT2D eigenvalue weighted by atomic mass is 10.1. The Morgan fingerprint density at radius 1 is 1.73 bits per heavy atom. The summed E-state index contributed by atoms with van der Waals surface area (Å²) in [4.78, 5) is 3.82. The lowest BCUT2D eigenvalue weighted by Gasteiger charge is -2.08. The van der Waals surface area contributed by atoms with E-state index in [0.717, 1.165) is 5.56 Å². The fraction of sp³-hybridized carbons (Fsp3) is 0.375. The maximum absolute atomic E-state index is 9.40. The molecule has 0 radical (unpaired) electrons. The van der Waals surface area contributed by atoms with Crippen LogP contribution in [0.2, 0.25) is 5.02 Å². The maximum Gasteiger partial charge on any atom is 0.0802 e. The number of hydrogen-bond acceptors (Lipinski definition) is 2. The van der Waals surface area contributed by atoms with Crippen molar-refractivity contribution in [1.82, 2.24) is 4.98 Å². The predicted molar refractivity (Wildman–Crippen MR) is 44.5 cm³/mol. The lowest BCUT2D eigenvalue weighted by Crippen LogP contribution is -1.95. The fourth-order valence-corrected chi connectivity index (χ4v) is 1.12. The van der Waals surface area contributed by atoms with Crippen LogP contribution in [0.3, 0.4) is 0 Å². The molecule has 1 N–H and O–H groups in total. The first-order valence-corrected chi connectivity index (χ1v) is 3.91. The first kappa shape index (κ1) is 8.50. The molecule has 0 aliphatic carbocycles. The van der Waals surface area contributed by atoms with Gasteiger partial charge in [0.15, 0.2) is 0 Å². The molecule has 0 fully saturated rings. The van der Waals surface area contributed by atoms with E-state index in [1.165, 1.54) is 6.20 Å². The third-order valence-corrected chi connectivity index (χ3v) is 1.87.